The second-order valence-electron chi connectivity index (χ2n) is 7.05. The topological polar surface area (TPSA) is 67.8 Å². The summed E-state index contributed by atoms with van der Waals surface area (Å²) in [5, 5.41) is 2.94. The first kappa shape index (κ1) is 18.7. The number of carbonyl (C=O) groups is 1. The number of hydrogen-bond donors (Lipinski definition) is 1. The molecule has 0 radical (unpaired) electrons. The first-order valence-electron chi connectivity index (χ1n) is 9.63. The zero-order valence-corrected chi connectivity index (χ0v) is 16.3. The predicted molar refractivity (Wildman–Crippen MR) is 113 cm³/mol. The Morgan fingerprint density at radius 1 is 1.17 bits per heavy atom. The summed E-state index contributed by atoms with van der Waals surface area (Å²) in [6.45, 7) is 5.73. The van der Waals surface area contributed by atoms with Gasteiger partial charge in [-0.3, -0.25) is 9.78 Å². The van der Waals surface area contributed by atoms with E-state index < -0.39 is 0 Å². The van der Waals surface area contributed by atoms with E-state index in [1.54, 1.807) is 12.4 Å². The van der Waals surface area contributed by atoms with Gasteiger partial charge in [0.2, 0.25) is 5.82 Å². The molecule has 1 aliphatic rings. The van der Waals surface area contributed by atoms with Gasteiger partial charge in [-0.2, -0.15) is 0 Å². The third kappa shape index (κ3) is 3.99. The number of benzene rings is 1. The fourth-order valence-corrected chi connectivity index (χ4v) is 3.46. The Morgan fingerprint density at radius 2 is 1.93 bits per heavy atom. The summed E-state index contributed by atoms with van der Waals surface area (Å²) in [7, 11) is 0. The third-order valence-corrected chi connectivity index (χ3v) is 5.01. The number of amides is 1. The minimum Gasteiger partial charge on any atom is -0.343 e. The predicted octanol–water partition coefficient (Wildman–Crippen LogP) is 4.08. The van der Waals surface area contributed by atoms with E-state index in [2.05, 4.69) is 39.0 Å². The van der Waals surface area contributed by atoms with E-state index >= 15 is 0 Å². The molecule has 144 valence electrons. The maximum Gasteiger partial charge on any atom is 0.289 e. The lowest BCUT2D eigenvalue weighted by Crippen LogP contribution is -2.28. The van der Waals surface area contributed by atoms with Crippen LogP contribution in [0.3, 0.4) is 0 Å². The number of hydrogen-bond acceptors (Lipinski definition) is 4. The van der Waals surface area contributed by atoms with E-state index in [0.29, 0.717) is 0 Å². The summed E-state index contributed by atoms with van der Waals surface area (Å²) in [4.78, 5) is 25.7. The van der Waals surface area contributed by atoms with Crippen LogP contribution in [-0.2, 0) is 12.8 Å². The van der Waals surface area contributed by atoms with Crippen molar-refractivity contribution in [2.75, 3.05) is 0 Å². The zero-order chi connectivity index (χ0) is 20.2. The van der Waals surface area contributed by atoms with Crippen molar-refractivity contribution in [2.45, 2.75) is 25.8 Å². The Labute approximate surface area is 170 Å². The number of carbonyl (C=O) groups excluding carboxylic acids is 1. The van der Waals surface area contributed by atoms with Gasteiger partial charge in [-0.1, -0.05) is 42.5 Å². The first-order chi connectivity index (χ1) is 14.2. The van der Waals surface area contributed by atoms with Crippen LogP contribution in [0.5, 0.6) is 0 Å². The molecule has 3 aromatic rings. The molecule has 29 heavy (non-hydrogen) atoms. The van der Waals surface area contributed by atoms with Gasteiger partial charge in [0.25, 0.3) is 5.91 Å². The quantitative estimate of drug-likeness (QED) is 0.653. The van der Waals surface area contributed by atoms with Crippen molar-refractivity contribution < 1.29 is 4.79 Å². The van der Waals surface area contributed by atoms with Crippen molar-refractivity contribution in [2.24, 2.45) is 0 Å². The normalized spacial score (nSPS) is 13.3. The van der Waals surface area contributed by atoms with E-state index in [4.69, 9.17) is 0 Å². The molecular formula is C24H22N4O. The van der Waals surface area contributed by atoms with E-state index in [-0.39, 0.29) is 17.8 Å². The van der Waals surface area contributed by atoms with Crippen LogP contribution < -0.4 is 5.32 Å². The van der Waals surface area contributed by atoms with Gasteiger partial charge in [0.05, 0.1) is 11.7 Å². The van der Waals surface area contributed by atoms with Gasteiger partial charge >= 0.3 is 0 Å². The molecule has 2 aromatic heterocycles. The average Bonchev–Trinajstić information content (AvgIpc) is 3.18. The molecule has 1 N–H and O–H groups in total. The number of nitrogens with one attached hydrogen (secondary N) is 1. The van der Waals surface area contributed by atoms with Crippen LogP contribution in [0.4, 0.5) is 0 Å². The van der Waals surface area contributed by atoms with Crippen molar-refractivity contribution in [3.8, 4) is 0 Å². The molecule has 1 amide bonds. The highest BCUT2D eigenvalue weighted by Gasteiger charge is 2.19. The van der Waals surface area contributed by atoms with E-state index in [1.807, 2.05) is 49.5 Å². The minimum absolute atomic E-state index is 0.120. The molecule has 1 aromatic carbocycles. The molecule has 0 bridgehead atoms. The number of pyridine rings is 1. The highest BCUT2D eigenvalue weighted by molar-refractivity contribution is 5.91. The Hall–Kier alpha value is -3.60. The molecule has 5 nitrogen and oxygen atoms in total. The second-order valence-corrected chi connectivity index (χ2v) is 7.05. The Balaban J connectivity index is 1.50. The molecule has 0 spiro atoms. The van der Waals surface area contributed by atoms with Crippen LogP contribution in [0, 0.1) is 0 Å². The summed E-state index contributed by atoms with van der Waals surface area (Å²) in [5.74, 6) is -0.127. The number of fused-ring (bicyclic) bond motifs is 1. The number of aromatic nitrogens is 3. The molecular weight excluding hydrogens is 360 g/mol. The molecule has 0 aliphatic heterocycles. The van der Waals surface area contributed by atoms with Crippen molar-refractivity contribution in [3.05, 3.63) is 107 Å². The number of allylic oxidation sites excluding steroid dienone is 2. The summed E-state index contributed by atoms with van der Waals surface area (Å²) in [6.07, 6.45) is 10.9. The van der Waals surface area contributed by atoms with E-state index in [9.17, 15) is 4.79 Å². The van der Waals surface area contributed by atoms with Crippen LogP contribution in [-0.4, -0.2) is 20.9 Å². The van der Waals surface area contributed by atoms with Gasteiger partial charge < -0.3 is 5.32 Å². The van der Waals surface area contributed by atoms with Crippen LogP contribution in [0.25, 0.3) is 5.57 Å². The van der Waals surface area contributed by atoms with Crippen LogP contribution in [0.1, 0.15) is 51.5 Å². The Kier molecular flexibility index (Phi) is 5.29. The fourth-order valence-electron chi connectivity index (χ4n) is 3.46. The van der Waals surface area contributed by atoms with Crippen LogP contribution in [0.15, 0.2) is 73.7 Å². The van der Waals surface area contributed by atoms with Gasteiger partial charge in [-0.05, 0) is 36.1 Å². The highest BCUT2D eigenvalue weighted by Crippen LogP contribution is 2.31. The standard InChI is InChI=1S/C24H22N4O/c1-3-7-17-12-21-20(10-11-22(21)25-13-17)19-14-26-23(27-15-19)24(29)28-16(2)18-8-5-4-6-9-18/h3-6,8-10,12-16H,1,7,11H2,2H3,(H,28,29)/t16-/m0/s1. The van der Waals surface area contributed by atoms with Crippen molar-refractivity contribution in [1.82, 2.24) is 20.3 Å². The first-order valence-corrected chi connectivity index (χ1v) is 9.63. The Bertz CT molecular complexity index is 1070. The molecule has 4 rings (SSSR count). The minimum atomic E-state index is -0.288. The zero-order valence-electron chi connectivity index (χ0n) is 16.3. The smallest absolute Gasteiger partial charge is 0.289 e. The maximum absolute atomic E-state index is 12.5. The number of nitrogens with zero attached hydrogens (tertiary/aromatic N) is 3. The largest absolute Gasteiger partial charge is 0.343 e. The van der Waals surface area contributed by atoms with Gasteiger partial charge in [0.15, 0.2) is 0 Å². The average molecular weight is 382 g/mol. The van der Waals surface area contributed by atoms with Gasteiger partial charge in [0, 0.05) is 36.1 Å². The van der Waals surface area contributed by atoms with E-state index in [0.717, 1.165) is 46.4 Å². The SMILES string of the molecule is C=CCc1cnc2c(c1)C(c1cnc(C(=O)N[C@@H](C)c3ccccc3)nc1)=CC2. The van der Waals surface area contributed by atoms with Gasteiger partial charge in [-0.25, -0.2) is 9.97 Å². The molecule has 1 atom stereocenters. The van der Waals surface area contributed by atoms with Crippen molar-refractivity contribution in [1.29, 1.82) is 0 Å². The van der Waals surface area contributed by atoms with Crippen molar-refractivity contribution in [3.63, 3.8) is 0 Å². The fraction of sp³-hybridized carbons (Fsp3) is 0.167. The molecule has 0 saturated heterocycles. The van der Waals surface area contributed by atoms with Crippen LogP contribution >= 0.6 is 0 Å². The molecule has 0 unspecified atom stereocenters. The molecule has 0 fully saturated rings. The molecule has 2 heterocycles. The summed E-state index contributed by atoms with van der Waals surface area (Å²) in [6, 6.07) is 11.8. The van der Waals surface area contributed by atoms with Gasteiger partial charge in [0.1, 0.15) is 0 Å². The van der Waals surface area contributed by atoms with Crippen LogP contribution in [0.2, 0.25) is 0 Å². The summed E-state index contributed by atoms with van der Waals surface area (Å²) >= 11 is 0. The highest BCUT2D eigenvalue weighted by atomic mass is 16.2. The van der Waals surface area contributed by atoms with Gasteiger partial charge in [-0.15, -0.1) is 6.58 Å². The molecule has 0 saturated carbocycles. The van der Waals surface area contributed by atoms with E-state index in [1.165, 1.54) is 0 Å². The molecule has 1 aliphatic carbocycles. The Morgan fingerprint density at radius 3 is 2.66 bits per heavy atom. The lowest BCUT2D eigenvalue weighted by atomic mass is 10.0. The molecule has 5 heteroatoms. The summed E-state index contributed by atoms with van der Waals surface area (Å²) in [5.41, 5.74) is 6.25. The maximum atomic E-state index is 12.5. The third-order valence-electron chi connectivity index (χ3n) is 5.01. The monoisotopic (exact) mass is 382 g/mol. The lowest BCUT2D eigenvalue weighted by molar-refractivity contribution is 0.0929. The lowest BCUT2D eigenvalue weighted by Gasteiger charge is -2.13. The second kappa shape index (κ2) is 8.19. The van der Waals surface area contributed by atoms with Crippen molar-refractivity contribution >= 4 is 11.5 Å². The number of rotatable bonds is 6. The summed E-state index contributed by atoms with van der Waals surface area (Å²) < 4.78 is 0.